The molecule has 0 spiro atoms. The van der Waals surface area contributed by atoms with Crippen molar-refractivity contribution >= 4 is 5.69 Å². The van der Waals surface area contributed by atoms with E-state index in [4.69, 9.17) is 0 Å². The molecular formula is C10H7N3O2. The predicted octanol–water partition coefficient (Wildman–Crippen LogP) is 1.68. The minimum absolute atomic E-state index is 0.138. The highest BCUT2D eigenvalue weighted by Crippen LogP contribution is 2.29. The average Bonchev–Trinajstić information content (AvgIpc) is 2.75. The Balaban J connectivity index is 2.17. The highest BCUT2D eigenvalue weighted by molar-refractivity contribution is 5.53. The van der Waals surface area contributed by atoms with Gasteiger partial charge in [0, 0.05) is 30.9 Å². The Bertz CT molecular complexity index is 560. The zero-order chi connectivity index (χ0) is 10.4. The van der Waals surface area contributed by atoms with Crippen molar-refractivity contribution < 1.29 is 4.92 Å². The first kappa shape index (κ1) is 8.16. The summed E-state index contributed by atoms with van der Waals surface area (Å²) in [6.45, 7) is 0. The molecule has 0 saturated heterocycles. The van der Waals surface area contributed by atoms with Gasteiger partial charge in [-0.1, -0.05) is 0 Å². The van der Waals surface area contributed by atoms with Crippen molar-refractivity contribution in [3.63, 3.8) is 0 Å². The van der Waals surface area contributed by atoms with Gasteiger partial charge in [0.15, 0.2) is 0 Å². The van der Waals surface area contributed by atoms with Crippen LogP contribution in [0.15, 0.2) is 30.6 Å². The molecule has 1 aromatic carbocycles. The summed E-state index contributed by atoms with van der Waals surface area (Å²) in [5, 5.41) is 10.6. The fourth-order valence-electron chi connectivity index (χ4n) is 1.92. The van der Waals surface area contributed by atoms with Gasteiger partial charge in [-0.2, -0.15) is 0 Å². The summed E-state index contributed by atoms with van der Waals surface area (Å²) in [4.78, 5) is 14.4. The zero-order valence-corrected chi connectivity index (χ0v) is 7.75. The monoisotopic (exact) mass is 201 g/mol. The Labute approximate surface area is 85.1 Å². The summed E-state index contributed by atoms with van der Waals surface area (Å²) in [5.41, 5.74) is 2.10. The van der Waals surface area contributed by atoms with Gasteiger partial charge >= 0.3 is 0 Å². The molecule has 3 rings (SSSR count). The predicted molar refractivity (Wildman–Crippen MR) is 53.0 cm³/mol. The van der Waals surface area contributed by atoms with Gasteiger partial charge in [0.05, 0.1) is 10.6 Å². The van der Waals surface area contributed by atoms with E-state index in [1.54, 1.807) is 18.3 Å². The van der Waals surface area contributed by atoms with Crippen LogP contribution in [-0.2, 0) is 6.42 Å². The van der Waals surface area contributed by atoms with Gasteiger partial charge in [-0.3, -0.25) is 10.1 Å². The summed E-state index contributed by atoms with van der Waals surface area (Å²) in [6, 6.07) is 4.91. The highest BCUT2D eigenvalue weighted by Gasteiger charge is 2.20. The van der Waals surface area contributed by atoms with E-state index in [1.807, 2.05) is 10.8 Å². The van der Waals surface area contributed by atoms with Crippen molar-refractivity contribution in [1.29, 1.82) is 0 Å². The van der Waals surface area contributed by atoms with Crippen molar-refractivity contribution in [3.8, 4) is 5.69 Å². The van der Waals surface area contributed by atoms with Crippen molar-refractivity contribution in [1.82, 2.24) is 9.55 Å². The number of benzene rings is 1. The number of rotatable bonds is 1. The summed E-state index contributed by atoms with van der Waals surface area (Å²) in [5.74, 6) is 0.936. The van der Waals surface area contributed by atoms with Gasteiger partial charge in [-0.15, -0.1) is 0 Å². The van der Waals surface area contributed by atoms with Crippen LogP contribution in [0.4, 0.5) is 5.69 Å². The molecule has 1 aromatic heterocycles. The number of hydrogen-bond acceptors (Lipinski definition) is 3. The van der Waals surface area contributed by atoms with Gasteiger partial charge in [-0.05, 0) is 11.6 Å². The van der Waals surface area contributed by atoms with Crippen LogP contribution in [0.5, 0.6) is 0 Å². The van der Waals surface area contributed by atoms with Crippen LogP contribution < -0.4 is 0 Å². The van der Waals surface area contributed by atoms with Gasteiger partial charge < -0.3 is 4.57 Å². The van der Waals surface area contributed by atoms with Gasteiger partial charge in [0.2, 0.25) is 0 Å². The third kappa shape index (κ3) is 1.06. The lowest BCUT2D eigenvalue weighted by atomic mass is 10.1. The Morgan fingerprint density at radius 3 is 3.13 bits per heavy atom. The van der Waals surface area contributed by atoms with E-state index in [9.17, 15) is 10.1 Å². The molecule has 0 N–H and O–H groups in total. The molecule has 74 valence electrons. The maximum Gasteiger partial charge on any atom is 0.269 e. The van der Waals surface area contributed by atoms with E-state index in [-0.39, 0.29) is 10.6 Å². The van der Waals surface area contributed by atoms with Crippen LogP contribution in [0.25, 0.3) is 5.69 Å². The van der Waals surface area contributed by atoms with Crippen LogP contribution >= 0.6 is 0 Å². The van der Waals surface area contributed by atoms with Gasteiger partial charge in [0.1, 0.15) is 5.82 Å². The molecular weight excluding hydrogens is 194 g/mol. The zero-order valence-electron chi connectivity index (χ0n) is 7.75. The summed E-state index contributed by atoms with van der Waals surface area (Å²) in [7, 11) is 0. The molecule has 1 aliphatic heterocycles. The summed E-state index contributed by atoms with van der Waals surface area (Å²) >= 11 is 0. The van der Waals surface area contributed by atoms with E-state index in [2.05, 4.69) is 4.98 Å². The minimum Gasteiger partial charge on any atom is -0.303 e. The van der Waals surface area contributed by atoms with E-state index in [1.165, 1.54) is 6.07 Å². The maximum atomic E-state index is 10.6. The number of non-ortho nitro benzene ring substituents is 1. The number of imidazole rings is 1. The largest absolute Gasteiger partial charge is 0.303 e. The second kappa shape index (κ2) is 2.66. The van der Waals surface area contributed by atoms with Crippen LogP contribution in [-0.4, -0.2) is 14.5 Å². The Kier molecular flexibility index (Phi) is 1.45. The van der Waals surface area contributed by atoms with Gasteiger partial charge in [0.25, 0.3) is 5.69 Å². The van der Waals surface area contributed by atoms with E-state index < -0.39 is 0 Å². The molecule has 0 bridgehead atoms. The molecule has 0 aliphatic carbocycles. The molecule has 0 unspecified atom stereocenters. The van der Waals surface area contributed by atoms with Crippen molar-refractivity contribution in [2.75, 3.05) is 0 Å². The lowest BCUT2D eigenvalue weighted by molar-refractivity contribution is -0.384. The van der Waals surface area contributed by atoms with E-state index >= 15 is 0 Å². The second-order valence-corrected chi connectivity index (χ2v) is 3.46. The summed E-state index contributed by atoms with van der Waals surface area (Å²) < 4.78 is 1.96. The Morgan fingerprint density at radius 1 is 1.47 bits per heavy atom. The molecule has 2 heterocycles. The molecule has 15 heavy (non-hydrogen) atoms. The quantitative estimate of drug-likeness (QED) is 0.444. The number of nitro groups is 1. The molecule has 1 aliphatic rings. The van der Waals surface area contributed by atoms with Crippen LogP contribution in [0.1, 0.15) is 11.4 Å². The van der Waals surface area contributed by atoms with Crippen molar-refractivity contribution in [2.24, 2.45) is 0 Å². The standard InChI is InChI=1S/C10H7N3O2/c14-13(15)8-1-2-9-7(5-8)6-10-11-3-4-12(9)10/h1-5H,6H2. The number of nitro benzene ring substituents is 1. The Morgan fingerprint density at radius 2 is 2.33 bits per heavy atom. The van der Waals surface area contributed by atoms with Crippen molar-refractivity contribution in [2.45, 2.75) is 6.42 Å². The normalized spacial score (nSPS) is 12.3. The molecule has 0 fully saturated rings. The molecule has 2 aromatic rings. The van der Waals surface area contributed by atoms with Crippen molar-refractivity contribution in [3.05, 3.63) is 52.1 Å². The smallest absolute Gasteiger partial charge is 0.269 e. The SMILES string of the molecule is O=[N+]([O-])c1ccc2c(c1)Cc1nccn1-2. The van der Waals surface area contributed by atoms with Crippen LogP contribution in [0.2, 0.25) is 0 Å². The molecule has 0 saturated carbocycles. The molecule has 5 nitrogen and oxygen atoms in total. The van der Waals surface area contributed by atoms with Crippen LogP contribution in [0, 0.1) is 10.1 Å². The van der Waals surface area contributed by atoms with Gasteiger partial charge in [-0.25, -0.2) is 4.98 Å². The third-order valence-electron chi connectivity index (χ3n) is 2.60. The fraction of sp³-hybridized carbons (Fsp3) is 0.100. The minimum atomic E-state index is -0.374. The Hall–Kier alpha value is -2.17. The third-order valence-corrected chi connectivity index (χ3v) is 2.60. The first-order valence-electron chi connectivity index (χ1n) is 4.55. The first-order valence-corrected chi connectivity index (χ1v) is 4.55. The number of nitrogens with zero attached hydrogens (tertiary/aromatic N) is 3. The molecule has 5 heteroatoms. The molecule has 0 atom stereocenters. The lowest BCUT2D eigenvalue weighted by Gasteiger charge is -2.00. The lowest BCUT2D eigenvalue weighted by Crippen LogP contribution is -1.92. The first-order chi connectivity index (χ1) is 7.25. The number of fused-ring (bicyclic) bond motifs is 3. The average molecular weight is 201 g/mol. The van der Waals surface area contributed by atoms with Crippen LogP contribution in [0.3, 0.4) is 0 Å². The summed E-state index contributed by atoms with van der Waals surface area (Å²) in [6.07, 6.45) is 4.27. The van der Waals surface area contributed by atoms with E-state index in [0.717, 1.165) is 17.1 Å². The highest BCUT2D eigenvalue weighted by atomic mass is 16.6. The molecule has 0 radical (unpaired) electrons. The maximum absolute atomic E-state index is 10.6. The number of aromatic nitrogens is 2. The second-order valence-electron chi connectivity index (χ2n) is 3.46. The topological polar surface area (TPSA) is 61.0 Å². The number of hydrogen-bond donors (Lipinski definition) is 0. The fourth-order valence-corrected chi connectivity index (χ4v) is 1.92. The molecule has 0 amide bonds. The van der Waals surface area contributed by atoms with E-state index in [0.29, 0.717) is 6.42 Å².